The van der Waals surface area contributed by atoms with Crippen LogP contribution in [0.15, 0.2) is 24.4 Å². The van der Waals surface area contributed by atoms with Gasteiger partial charge in [0.2, 0.25) is 0 Å². The van der Waals surface area contributed by atoms with Crippen molar-refractivity contribution in [1.29, 1.82) is 5.26 Å². The number of carbonyl (C=O) groups is 1. The van der Waals surface area contributed by atoms with Crippen molar-refractivity contribution in [2.45, 2.75) is 64.8 Å². The number of aryl methyl sites for hydroxylation is 2. The second kappa shape index (κ2) is 9.27. The molecule has 0 saturated heterocycles. The van der Waals surface area contributed by atoms with E-state index in [1.165, 1.54) is 43.7 Å². The third kappa shape index (κ3) is 4.63. The van der Waals surface area contributed by atoms with Gasteiger partial charge in [-0.15, -0.1) is 0 Å². The smallest absolute Gasteiger partial charge is 0.314 e. The number of hydrogen-bond acceptors (Lipinski definition) is 3. The van der Waals surface area contributed by atoms with Gasteiger partial charge < -0.3 is 9.30 Å². The Balaban J connectivity index is 2.26. The van der Waals surface area contributed by atoms with Crippen molar-refractivity contribution in [2.75, 3.05) is 7.11 Å². The van der Waals surface area contributed by atoms with Crippen LogP contribution in [0.3, 0.4) is 0 Å². The molecule has 134 valence electrons. The molecule has 1 unspecified atom stereocenters. The number of nitriles is 1. The summed E-state index contributed by atoms with van der Waals surface area (Å²) in [5.74, 6) is -0.872. The second-order valence-electron chi connectivity index (χ2n) is 6.63. The Kier molecular flexibility index (Phi) is 7.06. The molecular weight excluding hydrogens is 312 g/mol. The molecule has 0 radical (unpaired) electrons. The number of nitrogens with zero attached hydrogens (tertiary/aromatic N) is 2. The van der Waals surface area contributed by atoms with Crippen molar-refractivity contribution >= 4 is 16.9 Å². The molecule has 4 heteroatoms. The Labute approximate surface area is 150 Å². The summed E-state index contributed by atoms with van der Waals surface area (Å²) >= 11 is 0. The number of methoxy groups -OCH3 is 1. The summed E-state index contributed by atoms with van der Waals surface area (Å²) in [6, 6.07) is 8.15. The van der Waals surface area contributed by atoms with Gasteiger partial charge in [0.05, 0.1) is 25.5 Å². The molecule has 0 fully saturated rings. The zero-order chi connectivity index (χ0) is 18.2. The van der Waals surface area contributed by atoms with Crippen molar-refractivity contribution in [3.05, 3.63) is 35.5 Å². The van der Waals surface area contributed by atoms with E-state index in [2.05, 4.69) is 36.7 Å². The molecule has 0 bridgehead atoms. The van der Waals surface area contributed by atoms with Gasteiger partial charge in [-0.1, -0.05) is 44.7 Å². The highest BCUT2D eigenvalue weighted by Gasteiger charge is 2.22. The minimum atomic E-state index is -0.521. The Morgan fingerprint density at radius 2 is 2.04 bits per heavy atom. The van der Waals surface area contributed by atoms with Gasteiger partial charge in [-0.2, -0.15) is 5.26 Å². The number of unbranched alkanes of at least 4 members (excludes halogenated alkanes) is 4. The van der Waals surface area contributed by atoms with Crippen LogP contribution in [0, 0.1) is 18.3 Å². The van der Waals surface area contributed by atoms with Gasteiger partial charge in [-0.05, 0) is 30.5 Å². The van der Waals surface area contributed by atoms with Gasteiger partial charge >= 0.3 is 5.97 Å². The second-order valence-corrected chi connectivity index (χ2v) is 6.63. The summed E-state index contributed by atoms with van der Waals surface area (Å²) < 4.78 is 7.15. The molecule has 4 nitrogen and oxygen atoms in total. The first-order valence-electron chi connectivity index (χ1n) is 9.16. The highest BCUT2D eigenvalue weighted by Crippen LogP contribution is 2.28. The number of benzene rings is 1. The van der Waals surface area contributed by atoms with Crippen LogP contribution in [0.2, 0.25) is 0 Å². The number of fused-ring (bicyclic) bond motifs is 1. The molecular formula is C21H28N2O2. The van der Waals surface area contributed by atoms with Crippen molar-refractivity contribution in [1.82, 2.24) is 4.57 Å². The molecule has 0 aliphatic rings. The van der Waals surface area contributed by atoms with E-state index < -0.39 is 5.92 Å². The molecule has 0 aliphatic carbocycles. The van der Waals surface area contributed by atoms with Crippen molar-refractivity contribution in [2.24, 2.45) is 0 Å². The molecule has 1 aromatic carbocycles. The molecule has 0 saturated carbocycles. The van der Waals surface area contributed by atoms with Crippen molar-refractivity contribution in [3.8, 4) is 6.07 Å². The molecule has 0 spiro atoms. The topological polar surface area (TPSA) is 55.0 Å². The lowest BCUT2D eigenvalue weighted by atomic mass is 9.95. The normalized spacial score (nSPS) is 12.1. The largest absolute Gasteiger partial charge is 0.469 e. The summed E-state index contributed by atoms with van der Waals surface area (Å²) in [5, 5.41) is 10.2. The van der Waals surface area contributed by atoms with Crippen LogP contribution in [-0.2, 0) is 16.1 Å². The van der Waals surface area contributed by atoms with Crippen molar-refractivity contribution in [3.63, 3.8) is 0 Å². The minimum absolute atomic E-state index is 0.134. The van der Waals surface area contributed by atoms with E-state index >= 15 is 0 Å². The SMILES string of the molecule is CCCCCCCn1cc(C)c2ccc(C(CC#N)C(=O)OC)cc21. The van der Waals surface area contributed by atoms with E-state index in [-0.39, 0.29) is 12.4 Å². The Bertz CT molecular complexity index is 755. The van der Waals surface area contributed by atoms with E-state index in [1.807, 2.05) is 12.1 Å². The molecule has 1 heterocycles. The molecule has 1 aromatic heterocycles. The number of carbonyl (C=O) groups excluding carboxylic acids is 1. The lowest BCUT2D eigenvalue weighted by molar-refractivity contribution is -0.142. The maximum absolute atomic E-state index is 12.0. The maximum atomic E-state index is 12.0. The zero-order valence-electron chi connectivity index (χ0n) is 15.5. The third-order valence-corrected chi connectivity index (χ3v) is 4.79. The highest BCUT2D eigenvalue weighted by molar-refractivity contribution is 5.86. The fourth-order valence-corrected chi connectivity index (χ4v) is 3.35. The van der Waals surface area contributed by atoms with Crippen LogP contribution in [0.25, 0.3) is 10.9 Å². The number of hydrogen-bond donors (Lipinski definition) is 0. The van der Waals surface area contributed by atoms with E-state index in [0.29, 0.717) is 0 Å². The number of ether oxygens (including phenoxy) is 1. The van der Waals surface area contributed by atoms with E-state index in [9.17, 15) is 4.79 Å². The quantitative estimate of drug-likeness (QED) is 0.472. The first-order valence-corrected chi connectivity index (χ1v) is 9.16. The monoisotopic (exact) mass is 340 g/mol. The van der Waals surface area contributed by atoms with Crippen LogP contribution in [-0.4, -0.2) is 17.6 Å². The molecule has 25 heavy (non-hydrogen) atoms. The Hall–Kier alpha value is -2.28. The summed E-state index contributed by atoms with van der Waals surface area (Å²) in [5.41, 5.74) is 3.23. The predicted octanol–water partition coefficient (Wildman–Crippen LogP) is 5.09. The van der Waals surface area contributed by atoms with Gasteiger partial charge in [0.15, 0.2) is 0 Å². The Morgan fingerprint density at radius 3 is 2.72 bits per heavy atom. The van der Waals surface area contributed by atoms with Crippen molar-refractivity contribution < 1.29 is 9.53 Å². The van der Waals surface area contributed by atoms with Crippen LogP contribution < -0.4 is 0 Å². The highest BCUT2D eigenvalue weighted by atomic mass is 16.5. The fourth-order valence-electron chi connectivity index (χ4n) is 3.35. The van der Waals surface area contributed by atoms with Crippen LogP contribution in [0.5, 0.6) is 0 Å². The fraction of sp³-hybridized carbons (Fsp3) is 0.524. The molecule has 0 amide bonds. The first-order chi connectivity index (χ1) is 12.1. The first kappa shape index (κ1) is 19.1. The van der Waals surface area contributed by atoms with E-state index in [4.69, 9.17) is 10.00 Å². The average Bonchev–Trinajstić information content (AvgIpc) is 2.94. The minimum Gasteiger partial charge on any atom is -0.469 e. The van der Waals surface area contributed by atoms with Gasteiger partial charge in [0, 0.05) is 23.6 Å². The molecule has 0 N–H and O–H groups in total. The van der Waals surface area contributed by atoms with Gasteiger partial charge in [0.1, 0.15) is 0 Å². The van der Waals surface area contributed by atoms with Gasteiger partial charge in [0.25, 0.3) is 0 Å². The lowest BCUT2D eigenvalue weighted by Gasteiger charge is -2.13. The maximum Gasteiger partial charge on any atom is 0.314 e. The third-order valence-electron chi connectivity index (χ3n) is 4.79. The zero-order valence-corrected chi connectivity index (χ0v) is 15.5. The number of aromatic nitrogens is 1. The van der Waals surface area contributed by atoms with E-state index in [1.54, 1.807) is 0 Å². The van der Waals surface area contributed by atoms with Crippen LogP contribution in [0.4, 0.5) is 0 Å². The standard InChI is InChI=1S/C21H28N2O2/c1-4-5-6-7-8-13-23-15-16(2)18-10-9-17(14-20(18)23)19(11-12-22)21(24)25-3/h9-10,14-15,19H,4-8,11,13H2,1-3H3. The summed E-state index contributed by atoms with van der Waals surface area (Å²) in [7, 11) is 1.37. The summed E-state index contributed by atoms with van der Waals surface area (Å²) in [4.78, 5) is 12.0. The molecule has 2 rings (SSSR count). The van der Waals surface area contributed by atoms with Gasteiger partial charge in [-0.25, -0.2) is 0 Å². The summed E-state index contributed by atoms with van der Waals surface area (Å²) in [6.07, 6.45) is 8.55. The summed E-state index contributed by atoms with van der Waals surface area (Å²) in [6.45, 7) is 5.32. The van der Waals surface area contributed by atoms with Gasteiger partial charge in [-0.3, -0.25) is 4.79 Å². The molecule has 0 aliphatic heterocycles. The molecule has 2 aromatic rings. The van der Waals surface area contributed by atoms with E-state index in [0.717, 1.165) is 24.0 Å². The number of esters is 1. The predicted molar refractivity (Wildman–Crippen MR) is 100 cm³/mol. The Morgan fingerprint density at radius 1 is 1.28 bits per heavy atom. The lowest BCUT2D eigenvalue weighted by Crippen LogP contribution is -2.14. The molecule has 1 atom stereocenters. The van der Waals surface area contributed by atoms with Crippen LogP contribution >= 0.6 is 0 Å². The van der Waals surface area contributed by atoms with Crippen LogP contribution in [0.1, 0.15) is 62.5 Å². The average molecular weight is 340 g/mol. The number of rotatable bonds is 9.